The maximum atomic E-state index is 10.6. The minimum atomic E-state index is -1.63. The SMILES string of the molecule is O=C1O[C@@H]([C@@H](O)CO)C(O)C1O. The Balaban J connectivity index is 2.64. The zero-order valence-corrected chi connectivity index (χ0v) is 6.12. The van der Waals surface area contributed by atoms with E-state index in [2.05, 4.69) is 4.74 Å². The molecule has 0 aromatic carbocycles. The molecule has 6 heteroatoms. The Morgan fingerprint density at radius 3 is 2.42 bits per heavy atom. The Bertz CT molecular complexity index is 181. The van der Waals surface area contributed by atoms with Gasteiger partial charge in [0.05, 0.1) is 6.61 Å². The van der Waals surface area contributed by atoms with Gasteiger partial charge in [0.15, 0.2) is 12.2 Å². The Morgan fingerprint density at radius 2 is 2.08 bits per heavy atom. The fourth-order valence-corrected chi connectivity index (χ4v) is 1.00. The summed E-state index contributed by atoms with van der Waals surface area (Å²) < 4.78 is 4.39. The average Bonchev–Trinajstić information content (AvgIpc) is 2.32. The van der Waals surface area contributed by atoms with Crippen molar-refractivity contribution in [2.45, 2.75) is 24.4 Å². The van der Waals surface area contributed by atoms with E-state index in [9.17, 15) is 4.79 Å². The van der Waals surface area contributed by atoms with Crippen molar-refractivity contribution in [3.63, 3.8) is 0 Å². The predicted octanol–water partition coefficient (Wildman–Crippen LogP) is -3.01. The van der Waals surface area contributed by atoms with Gasteiger partial charge in [-0.2, -0.15) is 0 Å². The highest BCUT2D eigenvalue weighted by Crippen LogP contribution is 2.18. The number of cyclic esters (lactones) is 1. The van der Waals surface area contributed by atoms with Gasteiger partial charge in [0.2, 0.25) is 0 Å². The van der Waals surface area contributed by atoms with Crippen LogP contribution in [0.4, 0.5) is 0 Å². The van der Waals surface area contributed by atoms with Gasteiger partial charge in [0, 0.05) is 0 Å². The lowest BCUT2D eigenvalue weighted by Crippen LogP contribution is -2.40. The van der Waals surface area contributed by atoms with Crippen LogP contribution in [0.25, 0.3) is 0 Å². The molecule has 1 aliphatic heterocycles. The second kappa shape index (κ2) is 3.36. The van der Waals surface area contributed by atoms with Gasteiger partial charge in [-0.3, -0.25) is 0 Å². The van der Waals surface area contributed by atoms with Crippen LogP contribution in [0.5, 0.6) is 0 Å². The quantitative estimate of drug-likeness (QED) is 0.335. The van der Waals surface area contributed by atoms with Crippen LogP contribution < -0.4 is 0 Å². The molecule has 70 valence electrons. The summed E-state index contributed by atoms with van der Waals surface area (Å²) >= 11 is 0. The lowest BCUT2D eigenvalue weighted by Gasteiger charge is -2.17. The number of aliphatic hydroxyl groups is 4. The van der Waals surface area contributed by atoms with Crippen LogP contribution in [0.15, 0.2) is 0 Å². The van der Waals surface area contributed by atoms with Crippen molar-refractivity contribution in [3.8, 4) is 0 Å². The molecular weight excluding hydrogens is 168 g/mol. The minimum absolute atomic E-state index is 0.637. The highest BCUT2D eigenvalue weighted by atomic mass is 16.6. The first-order chi connectivity index (χ1) is 5.57. The fraction of sp³-hybridized carbons (Fsp3) is 0.833. The smallest absolute Gasteiger partial charge is 0.338 e. The Hall–Kier alpha value is -0.690. The standard InChI is InChI=1S/C6H10O6/c7-1-2(8)5-3(9)4(10)6(11)12-5/h2-5,7-10H,1H2/t2-,3?,4?,5-/m0/s1. The molecule has 1 fully saturated rings. The summed E-state index contributed by atoms with van der Waals surface area (Å²) in [6.07, 6.45) is -5.70. The molecule has 0 aliphatic carbocycles. The van der Waals surface area contributed by atoms with Crippen molar-refractivity contribution >= 4 is 5.97 Å². The molecule has 6 nitrogen and oxygen atoms in total. The van der Waals surface area contributed by atoms with Crippen molar-refractivity contribution in [1.82, 2.24) is 0 Å². The predicted molar refractivity (Wildman–Crippen MR) is 35.0 cm³/mol. The molecule has 1 aliphatic rings. The second-order valence-electron chi connectivity index (χ2n) is 2.59. The molecule has 0 saturated carbocycles. The van der Waals surface area contributed by atoms with Crippen molar-refractivity contribution in [1.29, 1.82) is 0 Å². The number of hydrogen-bond donors (Lipinski definition) is 4. The van der Waals surface area contributed by atoms with Gasteiger partial charge < -0.3 is 25.2 Å². The summed E-state index contributed by atoms with van der Waals surface area (Å²) in [6, 6.07) is 0. The van der Waals surface area contributed by atoms with Crippen LogP contribution in [0.3, 0.4) is 0 Å². The van der Waals surface area contributed by atoms with Crippen LogP contribution in [0.1, 0.15) is 0 Å². The van der Waals surface area contributed by atoms with E-state index >= 15 is 0 Å². The summed E-state index contributed by atoms with van der Waals surface area (Å²) in [5.74, 6) is -0.986. The van der Waals surface area contributed by atoms with E-state index in [1.807, 2.05) is 0 Å². The van der Waals surface area contributed by atoms with Gasteiger partial charge in [0.25, 0.3) is 0 Å². The van der Waals surface area contributed by atoms with Gasteiger partial charge in [-0.05, 0) is 0 Å². The monoisotopic (exact) mass is 178 g/mol. The molecule has 4 atom stereocenters. The molecule has 1 saturated heterocycles. The van der Waals surface area contributed by atoms with E-state index in [1.165, 1.54) is 0 Å². The zero-order valence-electron chi connectivity index (χ0n) is 6.12. The molecule has 0 radical (unpaired) electrons. The fourth-order valence-electron chi connectivity index (χ4n) is 1.00. The van der Waals surface area contributed by atoms with E-state index in [1.54, 1.807) is 0 Å². The largest absolute Gasteiger partial charge is 0.455 e. The molecule has 12 heavy (non-hydrogen) atoms. The topological polar surface area (TPSA) is 107 Å². The molecule has 0 aromatic heterocycles. The molecule has 0 spiro atoms. The number of esters is 1. The van der Waals surface area contributed by atoms with E-state index in [-0.39, 0.29) is 0 Å². The minimum Gasteiger partial charge on any atom is -0.455 e. The maximum absolute atomic E-state index is 10.6. The summed E-state index contributed by atoms with van der Waals surface area (Å²) in [4.78, 5) is 10.6. The van der Waals surface area contributed by atoms with Crippen molar-refractivity contribution in [2.75, 3.05) is 6.61 Å². The highest BCUT2D eigenvalue weighted by molar-refractivity contribution is 5.77. The van der Waals surface area contributed by atoms with Crippen molar-refractivity contribution in [3.05, 3.63) is 0 Å². The van der Waals surface area contributed by atoms with Gasteiger partial charge in [-0.15, -0.1) is 0 Å². The average molecular weight is 178 g/mol. The number of carbonyl (C=O) groups excluding carboxylic acids is 1. The Morgan fingerprint density at radius 1 is 1.50 bits per heavy atom. The van der Waals surface area contributed by atoms with Crippen LogP contribution in [-0.2, 0) is 9.53 Å². The van der Waals surface area contributed by atoms with E-state index in [4.69, 9.17) is 20.4 Å². The Kier molecular flexibility index (Phi) is 2.63. The maximum Gasteiger partial charge on any atom is 0.338 e. The normalized spacial score (nSPS) is 38.0. The van der Waals surface area contributed by atoms with Crippen LogP contribution in [0.2, 0.25) is 0 Å². The summed E-state index contributed by atoms with van der Waals surface area (Å²) in [7, 11) is 0. The molecular formula is C6H10O6. The van der Waals surface area contributed by atoms with Gasteiger partial charge in [-0.1, -0.05) is 0 Å². The van der Waals surface area contributed by atoms with Gasteiger partial charge >= 0.3 is 5.97 Å². The lowest BCUT2D eigenvalue weighted by molar-refractivity contribution is -0.151. The highest BCUT2D eigenvalue weighted by Gasteiger charge is 2.45. The van der Waals surface area contributed by atoms with Crippen molar-refractivity contribution < 1.29 is 30.0 Å². The molecule has 1 heterocycles. The molecule has 0 bridgehead atoms. The lowest BCUT2D eigenvalue weighted by atomic mass is 10.1. The summed E-state index contributed by atoms with van der Waals surface area (Å²) in [6.45, 7) is -0.637. The van der Waals surface area contributed by atoms with E-state index in [0.717, 1.165) is 0 Å². The van der Waals surface area contributed by atoms with E-state index in [0.29, 0.717) is 0 Å². The molecule has 1 rings (SSSR count). The number of ether oxygens (including phenoxy) is 1. The van der Waals surface area contributed by atoms with Gasteiger partial charge in [0.1, 0.15) is 12.2 Å². The van der Waals surface area contributed by atoms with Gasteiger partial charge in [-0.25, -0.2) is 4.79 Å². The van der Waals surface area contributed by atoms with Crippen LogP contribution in [-0.4, -0.2) is 57.4 Å². The van der Waals surface area contributed by atoms with Crippen LogP contribution in [0, 0.1) is 0 Å². The molecule has 4 N–H and O–H groups in total. The summed E-state index contributed by atoms with van der Waals surface area (Å²) in [5.41, 5.74) is 0. The first-order valence-corrected chi connectivity index (χ1v) is 3.43. The molecule has 0 amide bonds. The number of hydrogen-bond acceptors (Lipinski definition) is 6. The number of rotatable bonds is 2. The third-order valence-corrected chi connectivity index (χ3v) is 1.72. The number of aliphatic hydroxyl groups excluding tert-OH is 4. The Labute approximate surface area is 68.0 Å². The first kappa shape index (κ1) is 9.40. The van der Waals surface area contributed by atoms with E-state index < -0.39 is 37.0 Å². The summed E-state index contributed by atoms with van der Waals surface area (Å²) in [5, 5.41) is 35.3. The molecule has 2 unspecified atom stereocenters. The number of carbonyl (C=O) groups is 1. The van der Waals surface area contributed by atoms with Crippen molar-refractivity contribution in [2.24, 2.45) is 0 Å². The third kappa shape index (κ3) is 1.42. The zero-order chi connectivity index (χ0) is 9.30. The second-order valence-corrected chi connectivity index (χ2v) is 2.59. The third-order valence-electron chi connectivity index (χ3n) is 1.72. The first-order valence-electron chi connectivity index (χ1n) is 3.43. The van der Waals surface area contributed by atoms with Crippen LogP contribution >= 0.6 is 0 Å². The molecule has 0 aromatic rings.